The van der Waals surface area contributed by atoms with E-state index in [0.717, 1.165) is 0 Å². The second-order valence-corrected chi connectivity index (χ2v) is 7.88. The maximum atomic E-state index is 12.9. The monoisotopic (exact) mass is 337 g/mol. The zero-order valence-corrected chi connectivity index (χ0v) is 13.1. The quantitative estimate of drug-likeness (QED) is 0.882. The van der Waals surface area contributed by atoms with Crippen molar-refractivity contribution < 1.29 is 17.6 Å². The number of benzene rings is 1. The minimum Gasteiger partial charge on any atom is -0.350 e. The number of carbonyl (C=O) groups is 1. The highest BCUT2D eigenvalue weighted by Crippen LogP contribution is 2.19. The number of amides is 1. The van der Waals surface area contributed by atoms with Crippen LogP contribution in [0.5, 0.6) is 0 Å². The molecule has 1 amide bonds. The zero-order valence-electron chi connectivity index (χ0n) is 12.3. The van der Waals surface area contributed by atoms with Crippen LogP contribution in [-0.2, 0) is 9.84 Å². The van der Waals surface area contributed by atoms with E-state index in [4.69, 9.17) is 0 Å². The van der Waals surface area contributed by atoms with E-state index in [1.54, 1.807) is 18.2 Å². The van der Waals surface area contributed by atoms with Gasteiger partial charge < -0.3 is 5.32 Å². The second kappa shape index (κ2) is 6.11. The summed E-state index contributed by atoms with van der Waals surface area (Å²) in [4.78, 5) is 12.1. The first-order chi connectivity index (χ1) is 10.9. The van der Waals surface area contributed by atoms with Crippen LogP contribution in [0.15, 0.2) is 30.3 Å². The maximum absolute atomic E-state index is 12.9. The Bertz CT molecular complexity index is 815. The number of H-pyrrole nitrogens is 1. The van der Waals surface area contributed by atoms with Gasteiger partial charge in [-0.2, -0.15) is 5.10 Å². The Labute approximate surface area is 133 Å². The van der Waals surface area contributed by atoms with Gasteiger partial charge in [-0.1, -0.05) is 0 Å². The molecule has 1 aliphatic heterocycles. The molecule has 1 atom stereocenters. The molecule has 1 aromatic carbocycles. The topological polar surface area (TPSA) is 91.9 Å². The van der Waals surface area contributed by atoms with Crippen molar-refractivity contribution in [2.75, 3.05) is 18.1 Å². The standard InChI is InChI=1S/C15H16FN3O3S/c16-12-3-1-11(2-4-12)13-7-14(19-18-13)15(20)17-8-10-5-6-23(21,22)9-10/h1-4,7,10H,5-6,8-9H2,(H,17,20)(H,18,19)/t10-/m1/s1. The minimum absolute atomic E-state index is 0.0385. The van der Waals surface area contributed by atoms with Crippen molar-refractivity contribution in [1.82, 2.24) is 15.5 Å². The van der Waals surface area contributed by atoms with Gasteiger partial charge in [0.25, 0.3) is 5.91 Å². The Morgan fingerprint density at radius 2 is 2.09 bits per heavy atom. The van der Waals surface area contributed by atoms with Gasteiger partial charge in [-0.15, -0.1) is 0 Å². The van der Waals surface area contributed by atoms with Crippen molar-refractivity contribution in [2.24, 2.45) is 5.92 Å². The third kappa shape index (κ3) is 3.76. The van der Waals surface area contributed by atoms with Crippen molar-refractivity contribution in [1.29, 1.82) is 0 Å². The first-order valence-electron chi connectivity index (χ1n) is 7.23. The van der Waals surface area contributed by atoms with Gasteiger partial charge in [0, 0.05) is 12.1 Å². The van der Waals surface area contributed by atoms with Gasteiger partial charge >= 0.3 is 0 Å². The number of aromatic nitrogens is 2. The molecule has 0 radical (unpaired) electrons. The fraction of sp³-hybridized carbons (Fsp3) is 0.333. The van der Waals surface area contributed by atoms with Crippen LogP contribution in [0, 0.1) is 11.7 Å². The molecule has 2 aromatic rings. The Balaban J connectivity index is 1.61. The fourth-order valence-electron chi connectivity index (χ4n) is 2.57. The van der Waals surface area contributed by atoms with Gasteiger partial charge in [0.2, 0.25) is 0 Å². The summed E-state index contributed by atoms with van der Waals surface area (Å²) in [5.41, 5.74) is 1.52. The highest BCUT2D eigenvalue weighted by Gasteiger charge is 2.28. The van der Waals surface area contributed by atoms with Crippen LogP contribution in [0.4, 0.5) is 4.39 Å². The van der Waals surface area contributed by atoms with Crippen LogP contribution in [0.1, 0.15) is 16.9 Å². The normalized spacial score (nSPS) is 19.6. The van der Waals surface area contributed by atoms with Gasteiger partial charge in [0.05, 0.1) is 17.2 Å². The van der Waals surface area contributed by atoms with Crippen LogP contribution in [-0.4, -0.2) is 42.6 Å². The average Bonchev–Trinajstić information content (AvgIpc) is 3.12. The van der Waals surface area contributed by atoms with Gasteiger partial charge in [-0.05, 0) is 42.7 Å². The summed E-state index contributed by atoms with van der Waals surface area (Å²) in [7, 11) is -2.95. The zero-order chi connectivity index (χ0) is 16.4. The SMILES string of the molecule is O=C(NC[C@H]1CCS(=O)(=O)C1)c1cc(-c2ccc(F)cc2)n[nH]1. The third-order valence-electron chi connectivity index (χ3n) is 3.84. The lowest BCUT2D eigenvalue weighted by Gasteiger charge is -2.08. The number of nitrogens with zero attached hydrogens (tertiary/aromatic N) is 1. The molecule has 2 heterocycles. The number of nitrogens with one attached hydrogen (secondary N) is 2. The van der Waals surface area contributed by atoms with Crippen LogP contribution < -0.4 is 5.32 Å². The van der Waals surface area contributed by atoms with Crippen molar-refractivity contribution in [3.05, 3.63) is 41.8 Å². The second-order valence-electron chi connectivity index (χ2n) is 5.65. The molecule has 8 heteroatoms. The number of hydrogen-bond acceptors (Lipinski definition) is 4. The number of sulfone groups is 1. The summed E-state index contributed by atoms with van der Waals surface area (Å²) in [6.07, 6.45) is 0.576. The Kier molecular flexibility index (Phi) is 4.16. The van der Waals surface area contributed by atoms with Gasteiger partial charge in [-0.25, -0.2) is 12.8 Å². The van der Waals surface area contributed by atoms with Crippen molar-refractivity contribution in [3.8, 4) is 11.3 Å². The average molecular weight is 337 g/mol. The molecular weight excluding hydrogens is 321 g/mol. The van der Waals surface area contributed by atoms with Crippen LogP contribution in [0.3, 0.4) is 0 Å². The molecule has 1 aliphatic rings. The van der Waals surface area contributed by atoms with Gasteiger partial charge in [0.1, 0.15) is 11.5 Å². The summed E-state index contributed by atoms with van der Waals surface area (Å²) in [6.45, 7) is 0.322. The molecule has 3 rings (SSSR count). The van der Waals surface area contributed by atoms with Crippen molar-refractivity contribution in [3.63, 3.8) is 0 Å². The lowest BCUT2D eigenvalue weighted by atomic mass is 10.1. The number of aromatic amines is 1. The van der Waals surface area contributed by atoms with E-state index in [1.807, 2.05) is 0 Å². The first-order valence-corrected chi connectivity index (χ1v) is 9.05. The fourth-order valence-corrected chi connectivity index (χ4v) is 4.43. The van der Waals surface area contributed by atoms with Gasteiger partial charge in [0.15, 0.2) is 9.84 Å². The maximum Gasteiger partial charge on any atom is 0.269 e. The molecule has 23 heavy (non-hydrogen) atoms. The molecule has 0 aliphatic carbocycles. The Morgan fingerprint density at radius 3 is 2.74 bits per heavy atom. The molecule has 0 unspecified atom stereocenters. The van der Waals surface area contributed by atoms with E-state index in [-0.39, 0.29) is 34.8 Å². The van der Waals surface area contributed by atoms with E-state index in [1.165, 1.54) is 12.1 Å². The third-order valence-corrected chi connectivity index (χ3v) is 5.68. The summed E-state index contributed by atoms with van der Waals surface area (Å²) in [5, 5.41) is 9.39. The van der Waals surface area contributed by atoms with Crippen LogP contribution in [0.2, 0.25) is 0 Å². The van der Waals surface area contributed by atoms with E-state index >= 15 is 0 Å². The van der Waals surface area contributed by atoms with Crippen LogP contribution in [0.25, 0.3) is 11.3 Å². The van der Waals surface area contributed by atoms with Crippen molar-refractivity contribution >= 4 is 15.7 Å². The molecule has 0 spiro atoms. The number of rotatable bonds is 4. The molecular formula is C15H16FN3O3S. The number of carbonyl (C=O) groups excluding carboxylic acids is 1. The van der Waals surface area contributed by atoms with Crippen molar-refractivity contribution in [2.45, 2.75) is 6.42 Å². The van der Waals surface area contributed by atoms with E-state index in [9.17, 15) is 17.6 Å². The highest BCUT2D eigenvalue weighted by atomic mass is 32.2. The predicted molar refractivity (Wildman–Crippen MR) is 83.1 cm³/mol. The molecule has 1 aromatic heterocycles. The minimum atomic E-state index is -2.95. The molecule has 2 N–H and O–H groups in total. The highest BCUT2D eigenvalue weighted by molar-refractivity contribution is 7.91. The molecule has 122 valence electrons. The number of hydrogen-bond donors (Lipinski definition) is 2. The molecule has 1 saturated heterocycles. The van der Waals surface area contributed by atoms with E-state index in [0.29, 0.717) is 24.2 Å². The molecule has 0 bridgehead atoms. The van der Waals surface area contributed by atoms with E-state index in [2.05, 4.69) is 15.5 Å². The molecule has 6 nitrogen and oxygen atoms in total. The molecule has 1 fully saturated rings. The van der Waals surface area contributed by atoms with Crippen LogP contribution >= 0.6 is 0 Å². The summed E-state index contributed by atoms with van der Waals surface area (Å²) >= 11 is 0. The first kappa shape index (κ1) is 15.7. The largest absolute Gasteiger partial charge is 0.350 e. The van der Waals surface area contributed by atoms with E-state index < -0.39 is 9.84 Å². The Morgan fingerprint density at radius 1 is 1.35 bits per heavy atom. The van der Waals surface area contributed by atoms with Gasteiger partial charge in [-0.3, -0.25) is 9.89 Å². The molecule has 0 saturated carbocycles. The predicted octanol–water partition coefficient (Wildman–Crippen LogP) is 1.38. The summed E-state index contributed by atoms with van der Waals surface area (Å²) in [5.74, 6) is -0.406. The Hall–Kier alpha value is -2.22. The summed E-state index contributed by atoms with van der Waals surface area (Å²) in [6, 6.07) is 7.38. The summed E-state index contributed by atoms with van der Waals surface area (Å²) < 4.78 is 35.7. The lowest BCUT2D eigenvalue weighted by Crippen LogP contribution is -2.30. The smallest absolute Gasteiger partial charge is 0.269 e. The lowest BCUT2D eigenvalue weighted by molar-refractivity contribution is 0.0943. The number of halogens is 1.